The van der Waals surface area contributed by atoms with Gasteiger partial charge in [-0.25, -0.2) is 0 Å². The van der Waals surface area contributed by atoms with E-state index in [0.29, 0.717) is 5.92 Å². The molecule has 1 heterocycles. The zero-order chi connectivity index (χ0) is 10.3. The van der Waals surface area contributed by atoms with E-state index in [1.165, 1.54) is 22.0 Å². The van der Waals surface area contributed by atoms with Crippen LogP contribution in [0.2, 0.25) is 0 Å². The van der Waals surface area contributed by atoms with Crippen LogP contribution in [-0.2, 0) is 0 Å². The maximum Gasteiger partial charge on any atom is 0.0860 e. The fraction of sp³-hybridized carbons (Fsp3) is 0.333. The van der Waals surface area contributed by atoms with Crippen molar-refractivity contribution in [3.63, 3.8) is 0 Å². The van der Waals surface area contributed by atoms with Gasteiger partial charge >= 0.3 is 0 Å². The first-order chi connectivity index (χ1) is 6.59. The lowest BCUT2D eigenvalue weighted by atomic mass is 10.0. The third-order valence-electron chi connectivity index (χ3n) is 2.69. The summed E-state index contributed by atoms with van der Waals surface area (Å²) in [6.07, 6.45) is 0. The zero-order valence-electron chi connectivity index (χ0n) is 8.69. The predicted octanol–water partition coefficient (Wildman–Crippen LogP) is 4.36. The van der Waals surface area contributed by atoms with Gasteiger partial charge in [0.15, 0.2) is 0 Å². The van der Waals surface area contributed by atoms with E-state index in [1.807, 2.05) is 0 Å². The number of aryl methyl sites for hydroxylation is 1. The standard InChI is InChI=1S/C12H14BrN/c1-7(2)9-4-5-11-10(6-9)8(3)12(13)14-11/h4-7,14H,1-3H3. The van der Waals surface area contributed by atoms with Gasteiger partial charge in [0.05, 0.1) is 4.60 Å². The molecular weight excluding hydrogens is 238 g/mol. The van der Waals surface area contributed by atoms with E-state index < -0.39 is 0 Å². The quantitative estimate of drug-likeness (QED) is 0.776. The Morgan fingerprint density at radius 3 is 2.64 bits per heavy atom. The normalized spacial score (nSPS) is 11.5. The lowest BCUT2D eigenvalue weighted by molar-refractivity contribution is 0.868. The number of fused-ring (bicyclic) bond motifs is 1. The average Bonchev–Trinajstić information content (AvgIpc) is 2.43. The lowest BCUT2D eigenvalue weighted by Crippen LogP contribution is -1.85. The largest absolute Gasteiger partial charge is 0.349 e. The van der Waals surface area contributed by atoms with Crippen LogP contribution in [0.3, 0.4) is 0 Å². The Balaban J connectivity index is 2.69. The van der Waals surface area contributed by atoms with Gasteiger partial charge in [0.2, 0.25) is 0 Å². The van der Waals surface area contributed by atoms with Gasteiger partial charge in [-0.05, 0) is 52.0 Å². The molecule has 1 aromatic carbocycles. The Bertz CT molecular complexity index is 468. The van der Waals surface area contributed by atoms with Gasteiger partial charge in [-0.3, -0.25) is 0 Å². The number of nitrogens with one attached hydrogen (secondary N) is 1. The number of hydrogen-bond acceptors (Lipinski definition) is 0. The molecular formula is C12H14BrN. The topological polar surface area (TPSA) is 15.8 Å². The highest BCUT2D eigenvalue weighted by Crippen LogP contribution is 2.28. The van der Waals surface area contributed by atoms with E-state index in [9.17, 15) is 0 Å². The molecule has 0 spiro atoms. The number of hydrogen-bond donors (Lipinski definition) is 1. The molecule has 1 N–H and O–H groups in total. The van der Waals surface area contributed by atoms with Gasteiger partial charge in [0.1, 0.15) is 0 Å². The predicted molar refractivity (Wildman–Crippen MR) is 64.8 cm³/mol. The first-order valence-electron chi connectivity index (χ1n) is 4.87. The molecule has 14 heavy (non-hydrogen) atoms. The van der Waals surface area contributed by atoms with Crippen LogP contribution in [0.5, 0.6) is 0 Å². The first-order valence-corrected chi connectivity index (χ1v) is 5.66. The van der Waals surface area contributed by atoms with Crippen LogP contribution < -0.4 is 0 Å². The van der Waals surface area contributed by atoms with E-state index in [2.05, 4.69) is 59.9 Å². The minimum Gasteiger partial charge on any atom is -0.349 e. The van der Waals surface area contributed by atoms with E-state index in [0.717, 1.165) is 4.60 Å². The molecule has 0 aliphatic rings. The molecule has 1 nitrogen and oxygen atoms in total. The zero-order valence-corrected chi connectivity index (χ0v) is 10.3. The van der Waals surface area contributed by atoms with Gasteiger partial charge < -0.3 is 4.98 Å². The number of H-pyrrole nitrogens is 1. The summed E-state index contributed by atoms with van der Waals surface area (Å²) in [7, 11) is 0. The summed E-state index contributed by atoms with van der Waals surface area (Å²) >= 11 is 3.51. The second-order valence-corrected chi connectivity index (χ2v) is 4.82. The first kappa shape index (κ1) is 9.78. The molecule has 0 saturated carbocycles. The van der Waals surface area contributed by atoms with Crippen molar-refractivity contribution in [2.45, 2.75) is 26.7 Å². The Hall–Kier alpha value is -0.760. The smallest absolute Gasteiger partial charge is 0.0860 e. The molecule has 2 rings (SSSR count). The molecule has 0 aliphatic carbocycles. The third kappa shape index (κ3) is 1.48. The minimum absolute atomic E-state index is 0.590. The number of benzene rings is 1. The molecule has 0 amide bonds. The summed E-state index contributed by atoms with van der Waals surface area (Å²) in [4.78, 5) is 3.31. The fourth-order valence-corrected chi connectivity index (χ4v) is 2.10. The molecule has 0 aliphatic heterocycles. The van der Waals surface area contributed by atoms with Crippen LogP contribution >= 0.6 is 15.9 Å². The summed E-state index contributed by atoms with van der Waals surface area (Å²) in [6.45, 7) is 6.57. The van der Waals surface area contributed by atoms with E-state index >= 15 is 0 Å². The molecule has 0 bridgehead atoms. The van der Waals surface area contributed by atoms with Gasteiger partial charge in [-0.2, -0.15) is 0 Å². The van der Waals surface area contributed by atoms with Crippen molar-refractivity contribution in [3.05, 3.63) is 33.9 Å². The molecule has 0 atom stereocenters. The Kier molecular flexibility index (Phi) is 2.40. The SMILES string of the molecule is Cc1c(Br)[nH]c2ccc(C(C)C)cc12. The maximum absolute atomic E-state index is 3.51. The van der Waals surface area contributed by atoms with E-state index in [1.54, 1.807) is 0 Å². The van der Waals surface area contributed by atoms with Crippen LogP contribution in [0.1, 0.15) is 30.9 Å². The average molecular weight is 252 g/mol. The molecule has 2 heteroatoms. The van der Waals surface area contributed by atoms with Gasteiger partial charge in [-0.1, -0.05) is 19.9 Å². The second kappa shape index (κ2) is 3.43. The lowest BCUT2D eigenvalue weighted by Gasteiger charge is -2.04. The highest BCUT2D eigenvalue weighted by molar-refractivity contribution is 9.10. The second-order valence-electron chi connectivity index (χ2n) is 4.02. The number of rotatable bonds is 1. The highest BCUT2D eigenvalue weighted by Gasteiger charge is 2.06. The van der Waals surface area contributed by atoms with Crippen molar-refractivity contribution in [2.24, 2.45) is 0 Å². The molecule has 0 radical (unpaired) electrons. The summed E-state index contributed by atoms with van der Waals surface area (Å²) < 4.78 is 1.09. The third-order valence-corrected chi connectivity index (χ3v) is 3.48. The number of aromatic nitrogens is 1. The van der Waals surface area contributed by atoms with Crippen LogP contribution in [0.4, 0.5) is 0 Å². The van der Waals surface area contributed by atoms with Crippen molar-refractivity contribution in [1.82, 2.24) is 4.98 Å². The van der Waals surface area contributed by atoms with Crippen molar-refractivity contribution in [3.8, 4) is 0 Å². The van der Waals surface area contributed by atoms with Gasteiger partial charge in [-0.15, -0.1) is 0 Å². The van der Waals surface area contributed by atoms with Gasteiger partial charge in [0.25, 0.3) is 0 Å². The number of aromatic amines is 1. The van der Waals surface area contributed by atoms with Crippen LogP contribution in [0.25, 0.3) is 10.9 Å². The van der Waals surface area contributed by atoms with E-state index in [4.69, 9.17) is 0 Å². The molecule has 2 aromatic rings. The Morgan fingerprint density at radius 2 is 2.00 bits per heavy atom. The Labute approximate surface area is 92.6 Å². The van der Waals surface area contributed by atoms with Crippen LogP contribution in [-0.4, -0.2) is 4.98 Å². The molecule has 0 unspecified atom stereocenters. The summed E-state index contributed by atoms with van der Waals surface area (Å²) in [5, 5.41) is 1.32. The van der Waals surface area contributed by atoms with Gasteiger partial charge in [0, 0.05) is 10.9 Å². The molecule has 74 valence electrons. The minimum atomic E-state index is 0.590. The monoisotopic (exact) mass is 251 g/mol. The summed E-state index contributed by atoms with van der Waals surface area (Å²) in [5.41, 5.74) is 3.90. The van der Waals surface area contributed by atoms with E-state index in [-0.39, 0.29) is 0 Å². The number of halogens is 1. The van der Waals surface area contributed by atoms with Crippen molar-refractivity contribution >= 4 is 26.8 Å². The van der Waals surface area contributed by atoms with Crippen LogP contribution in [0.15, 0.2) is 22.8 Å². The maximum atomic E-state index is 3.51. The summed E-state index contributed by atoms with van der Waals surface area (Å²) in [6, 6.07) is 6.62. The van der Waals surface area contributed by atoms with Crippen molar-refractivity contribution < 1.29 is 0 Å². The van der Waals surface area contributed by atoms with Crippen molar-refractivity contribution in [2.75, 3.05) is 0 Å². The molecule has 1 aromatic heterocycles. The molecule has 0 saturated heterocycles. The highest BCUT2D eigenvalue weighted by atomic mass is 79.9. The molecule has 0 fully saturated rings. The fourth-order valence-electron chi connectivity index (χ4n) is 1.67. The van der Waals surface area contributed by atoms with Crippen molar-refractivity contribution in [1.29, 1.82) is 0 Å². The van der Waals surface area contributed by atoms with Crippen LogP contribution in [0, 0.1) is 6.92 Å². The summed E-state index contributed by atoms with van der Waals surface area (Å²) in [5.74, 6) is 0.590. The Morgan fingerprint density at radius 1 is 1.29 bits per heavy atom.